The number of benzene rings is 1. The van der Waals surface area contributed by atoms with Gasteiger partial charge in [0.2, 0.25) is 0 Å². The molecular formula is C17H17NO4. The molecule has 0 bridgehead atoms. The third-order valence-corrected chi connectivity index (χ3v) is 2.94. The van der Waals surface area contributed by atoms with Crippen LogP contribution in [-0.4, -0.2) is 18.5 Å². The molecule has 0 radical (unpaired) electrons. The van der Waals surface area contributed by atoms with E-state index in [-0.39, 0.29) is 11.9 Å². The summed E-state index contributed by atoms with van der Waals surface area (Å²) in [6, 6.07) is 8.82. The van der Waals surface area contributed by atoms with Crippen LogP contribution >= 0.6 is 0 Å². The van der Waals surface area contributed by atoms with Crippen LogP contribution in [0.15, 0.2) is 47.1 Å². The van der Waals surface area contributed by atoms with E-state index in [4.69, 9.17) is 9.15 Å². The molecule has 2 rings (SSSR count). The van der Waals surface area contributed by atoms with Crippen LogP contribution in [0.2, 0.25) is 0 Å². The van der Waals surface area contributed by atoms with Crippen molar-refractivity contribution in [3.63, 3.8) is 0 Å². The Bertz CT molecular complexity index is 683. The van der Waals surface area contributed by atoms with Gasteiger partial charge in [-0.15, -0.1) is 0 Å². The van der Waals surface area contributed by atoms with Crippen LogP contribution in [0.1, 0.15) is 28.6 Å². The molecule has 2 aromatic rings. The number of esters is 1. The molecular weight excluding hydrogens is 282 g/mol. The molecule has 0 saturated carbocycles. The topological polar surface area (TPSA) is 68.5 Å². The second-order valence-electron chi connectivity index (χ2n) is 4.59. The highest BCUT2D eigenvalue weighted by Crippen LogP contribution is 2.14. The molecule has 5 nitrogen and oxygen atoms in total. The van der Waals surface area contributed by atoms with Gasteiger partial charge in [-0.1, -0.05) is 12.1 Å². The number of ether oxygens (including phenoxy) is 1. The van der Waals surface area contributed by atoms with Gasteiger partial charge in [-0.05, 0) is 43.7 Å². The fraction of sp³-hybridized carbons (Fsp3) is 0.176. The molecule has 1 heterocycles. The molecule has 5 heteroatoms. The van der Waals surface area contributed by atoms with Crippen molar-refractivity contribution in [1.29, 1.82) is 0 Å². The first-order valence-electron chi connectivity index (χ1n) is 6.90. The van der Waals surface area contributed by atoms with E-state index < -0.39 is 0 Å². The maximum absolute atomic E-state index is 12.0. The molecule has 0 spiro atoms. The third-order valence-electron chi connectivity index (χ3n) is 2.94. The van der Waals surface area contributed by atoms with Crippen molar-refractivity contribution in [2.24, 2.45) is 0 Å². The predicted molar refractivity (Wildman–Crippen MR) is 83.5 cm³/mol. The minimum absolute atomic E-state index is 0.294. The Kier molecular flexibility index (Phi) is 5.14. The maximum atomic E-state index is 12.0. The molecule has 1 aromatic heterocycles. The number of carbonyl (C=O) groups is 2. The van der Waals surface area contributed by atoms with E-state index in [9.17, 15) is 9.59 Å². The minimum atomic E-state index is -0.381. The number of anilines is 1. The van der Waals surface area contributed by atoms with Crippen molar-refractivity contribution in [2.75, 3.05) is 11.9 Å². The zero-order chi connectivity index (χ0) is 15.9. The first-order chi connectivity index (χ1) is 10.6. The van der Waals surface area contributed by atoms with Gasteiger partial charge in [-0.2, -0.15) is 0 Å². The molecule has 0 atom stereocenters. The van der Waals surface area contributed by atoms with E-state index in [1.807, 2.05) is 6.92 Å². The minimum Gasteiger partial charge on any atom is -0.463 e. The van der Waals surface area contributed by atoms with Crippen LogP contribution < -0.4 is 5.32 Å². The second kappa shape index (κ2) is 7.26. The molecule has 22 heavy (non-hydrogen) atoms. The lowest BCUT2D eigenvalue weighted by Gasteiger charge is -2.04. The lowest BCUT2D eigenvalue weighted by Crippen LogP contribution is -2.11. The molecule has 0 fully saturated rings. The number of hydrogen-bond donors (Lipinski definition) is 1. The summed E-state index contributed by atoms with van der Waals surface area (Å²) < 4.78 is 9.93. The zero-order valence-corrected chi connectivity index (χ0v) is 12.5. The Labute approximate surface area is 128 Å². The van der Waals surface area contributed by atoms with E-state index >= 15 is 0 Å². The Morgan fingerprint density at radius 1 is 1.23 bits per heavy atom. The summed E-state index contributed by atoms with van der Waals surface area (Å²) in [6.07, 6.45) is 4.50. The lowest BCUT2D eigenvalue weighted by molar-refractivity contribution is -0.137. The summed E-state index contributed by atoms with van der Waals surface area (Å²) in [6.45, 7) is 3.91. The van der Waals surface area contributed by atoms with Crippen LogP contribution in [0, 0.1) is 6.92 Å². The van der Waals surface area contributed by atoms with Crippen LogP contribution in [0.5, 0.6) is 0 Å². The monoisotopic (exact) mass is 299 g/mol. The van der Waals surface area contributed by atoms with Crippen molar-refractivity contribution in [3.05, 3.63) is 59.6 Å². The van der Waals surface area contributed by atoms with Crippen molar-refractivity contribution in [3.8, 4) is 0 Å². The van der Waals surface area contributed by atoms with Crippen molar-refractivity contribution in [1.82, 2.24) is 0 Å². The number of rotatable bonds is 5. The van der Waals surface area contributed by atoms with E-state index in [0.29, 0.717) is 18.1 Å². The van der Waals surface area contributed by atoms with Crippen molar-refractivity contribution >= 4 is 23.6 Å². The summed E-state index contributed by atoms with van der Waals surface area (Å²) in [5, 5.41) is 2.75. The fourth-order valence-electron chi connectivity index (χ4n) is 1.83. The van der Waals surface area contributed by atoms with Crippen molar-refractivity contribution < 1.29 is 18.7 Å². The molecule has 1 amide bonds. The molecule has 0 aliphatic heterocycles. The van der Waals surface area contributed by atoms with Gasteiger partial charge in [0, 0.05) is 17.3 Å². The number of amides is 1. The highest BCUT2D eigenvalue weighted by molar-refractivity contribution is 6.03. The molecule has 0 saturated heterocycles. The summed E-state index contributed by atoms with van der Waals surface area (Å²) in [5.74, 6) is -0.378. The average molecular weight is 299 g/mol. The van der Waals surface area contributed by atoms with Crippen molar-refractivity contribution in [2.45, 2.75) is 13.8 Å². The quantitative estimate of drug-likeness (QED) is 0.678. The van der Waals surface area contributed by atoms with E-state index in [2.05, 4.69) is 5.32 Å². The summed E-state index contributed by atoms with van der Waals surface area (Å²) in [5.41, 5.74) is 2.26. The van der Waals surface area contributed by atoms with Gasteiger partial charge in [-0.3, -0.25) is 4.79 Å². The number of furan rings is 1. The zero-order valence-electron chi connectivity index (χ0n) is 12.5. The molecule has 1 N–H and O–H groups in total. The Balaban J connectivity index is 1.99. The van der Waals surface area contributed by atoms with Crippen LogP contribution in [0.25, 0.3) is 6.08 Å². The first kappa shape index (κ1) is 15.6. The Morgan fingerprint density at radius 2 is 1.95 bits per heavy atom. The highest BCUT2D eigenvalue weighted by Gasteiger charge is 2.12. The molecule has 0 aliphatic rings. The maximum Gasteiger partial charge on any atom is 0.330 e. The normalized spacial score (nSPS) is 10.6. The second-order valence-corrected chi connectivity index (χ2v) is 4.59. The molecule has 0 aliphatic carbocycles. The molecule has 114 valence electrons. The van der Waals surface area contributed by atoms with Gasteiger partial charge in [0.25, 0.3) is 5.91 Å². The standard InChI is InChI=1S/C17H17NO4/c1-3-21-15(19)9-6-13-4-7-14(8-5-13)18-17(20)16-12(2)10-11-22-16/h4-11H,3H2,1-2H3,(H,18,20)/b9-6+. The van der Waals surface area contributed by atoms with Crippen LogP contribution in [0.4, 0.5) is 5.69 Å². The Morgan fingerprint density at radius 3 is 2.55 bits per heavy atom. The number of carbonyl (C=O) groups excluding carboxylic acids is 2. The number of hydrogen-bond acceptors (Lipinski definition) is 4. The van der Waals surface area contributed by atoms with Gasteiger partial charge in [-0.25, -0.2) is 4.79 Å². The van der Waals surface area contributed by atoms with E-state index in [1.165, 1.54) is 12.3 Å². The van der Waals surface area contributed by atoms with Gasteiger partial charge in [0.1, 0.15) is 0 Å². The first-order valence-corrected chi connectivity index (χ1v) is 6.90. The van der Waals surface area contributed by atoms with E-state index in [0.717, 1.165) is 11.1 Å². The largest absolute Gasteiger partial charge is 0.463 e. The average Bonchev–Trinajstić information content (AvgIpc) is 2.93. The lowest BCUT2D eigenvalue weighted by atomic mass is 10.2. The predicted octanol–water partition coefficient (Wildman–Crippen LogP) is 3.42. The molecule has 0 unspecified atom stereocenters. The number of nitrogens with one attached hydrogen (secondary N) is 1. The summed E-state index contributed by atoms with van der Waals surface area (Å²) >= 11 is 0. The fourth-order valence-corrected chi connectivity index (χ4v) is 1.83. The highest BCUT2D eigenvalue weighted by atomic mass is 16.5. The summed E-state index contributed by atoms with van der Waals surface area (Å²) in [4.78, 5) is 23.2. The van der Waals surface area contributed by atoms with Gasteiger partial charge >= 0.3 is 5.97 Å². The smallest absolute Gasteiger partial charge is 0.330 e. The molecule has 1 aromatic carbocycles. The van der Waals surface area contributed by atoms with Gasteiger partial charge in [0.05, 0.1) is 12.9 Å². The third kappa shape index (κ3) is 4.09. The van der Waals surface area contributed by atoms with Crippen LogP contribution in [0.3, 0.4) is 0 Å². The SMILES string of the molecule is CCOC(=O)/C=C/c1ccc(NC(=O)c2occc2C)cc1. The van der Waals surface area contributed by atoms with Gasteiger partial charge in [0.15, 0.2) is 5.76 Å². The van der Waals surface area contributed by atoms with Crippen LogP contribution in [-0.2, 0) is 9.53 Å². The van der Waals surface area contributed by atoms with E-state index in [1.54, 1.807) is 43.3 Å². The van der Waals surface area contributed by atoms with Gasteiger partial charge < -0.3 is 14.5 Å². The number of aryl methyl sites for hydroxylation is 1. The Hall–Kier alpha value is -2.82. The summed E-state index contributed by atoms with van der Waals surface area (Å²) in [7, 11) is 0.